The third kappa shape index (κ3) is 4.99. The van der Waals surface area contributed by atoms with Gasteiger partial charge < -0.3 is 19.7 Å². The predicted molar refractivity (Wildman–Crippen MR) is 128 cm³/mol. The molecule has 4 rings (SSSR count). The minimum absolute atomic E-state index is 0.0226. The highest BCUT2D eigenvalue weighted by Crippen LogP contribution is 2.33. The summed E-state index contributed by atoms with van der Waals surface area (Å²) in [6.45, 7) is 9.69. The van der Waals surface area contributed by atoms with Crippen molar-refractivity contribution in [1.29, 1.82) is 0 Å². The Kier molecular flexibility index (Phi) is 6.90. The number of hydrogen-bond acceptors (Lipinski definition) is 8. The molecule has 0 spiro atoms. The van der Waals surface area contributed by atoms with Crippen LogP contribution in [0, 0.1) is 6.92 Å². The monoisotopic (exact) mass is 468 g/mol. The Balaban J connectivity index is 1.46. The van der Waals surface area contributed by atoms with E-state index in [2.05, 4.69) is 15.3 Å². The molecule has 174 valence electrons. The van der Waals surface area contributed by atoms with E-state index in [0.29, 0.717) is 42.5 Å². The van der Waals surface area contributed by atoms with Gasteiger partial charge in [0.2, 0.25) is 0 Å². The number of anilines is 1. The van der Waals surface area contributed by atoms with Gasteiger partial charge in [0.05, 0.1) is 24.2 Å². The summed E-state index contributed by atoms with van der Waals surface area (Å²) in [5.74, 6) is 0.350. The molecule has 1 N–H and O–H groups in total. The van der Waals surface area contributed by atoms with Crippen molar-refractivity contribution in [2.75, 3.05) is 25.0 Å². The molecule has 2 atom stereocenters. The van der Waals surface area contributed by atoms with E-state index < -0.39 is 0 Å². The molecule has 1 aliphatic rings. The van der Waals surface area contributed by atoms with Crippen molar-refractivity contribution in [1.82, 2.24) is 14.9 Å². The zero-order chi connectivity index (χ0) is 23.5. The number of amides is 1. The molecule has 33 heavy (non-hydrogen) atoms. The molecule has 1 aromatic carbocycles. The molecular formula is C24H28N4O4S. The van der Waals surface area contributed by atoms with Crippen molar-refractivity contribution in [2.24, 2.45) is 0 Å². The molecule has 3 heterocycles. The van der Waals surface area contributed by atoms with Crippen LogP contribution in [0.1, 0.15) is 51.9 Å². The highest BCUT2D eigenvalue weighted by Gasteiger charge is 2.26. The molecule has 1 aliphatic heterocycles. The summed E-state index contributed by atoms with van der Waals surface area (Å²) in [5, 5.41) is 4.17. The summed E-state index contributed by atoms with van der Waals surface area (Å²) >= 11 is 1.31. The van der Waals surface area contributed by atoms with Gasteiger partial charge in [-0.05, 0) is 51.0 Å². The van der Waals surface area contributed by atoms with E-state index in [4.69, 9.17) is 9.47 Å². The summed E-state index contributed by atoms with van der Waals surface area (Å²) in [4.78, 5) is 36.9. The van der Waals surface area contributed by atoms with Crippen molar-refractivity contribution in [3.05, 3.63) is 52.2 Å². The molecular weight excluding hydrogens is 440 g/mol. The van der Waals surface area contributed by atoms with Gasteiger partial charge in [-0.3, -0.25) is 4.79 Å². The number of carbonyl (C=O) groups is 2. The van der Waals surface area contributed by atoms with Crippen molar-refractivity contribution >= 4 is 39.2 Å². The lowest BCUT2D eigenvalue weighted by Crippen LogP contribution is -2.48. The molecule has 0 aliphatic carbocycles. The zero-order valence-electron chi connectivity index (χ0n) is 19.3. The second kappa shape index (κ2) is 9.84. The van der Waals surface area contributed by atoms with Crippen LogP contribution in [0.15, 0.2) is 30.6 Å². The predicted octanol–water partition coefficient (Wildman–Crippen LogP) is 4.04. The normalized spacial score (nSPS) is 18.4. The van der Waals surface area contributed by atoms with Crippen LogP contribution >= 0.6 is 11.3 Å². The number of nitrogens with zero attached hydrogens (tertiary/aromatic N) is 3. The molecule has 1 saturated heterocycles. The Bertz CT molecular complexity index is 1150. The average Bonchev–Trinajstić information content (AvgIpc) is 3.14. The number of aryl methyl sites for hydroxylation is 1. The lowest BCUT2D eigenvalue weighted by Gasteiger charge is -2.35. The summed E-state index contributed by atoms with van der Waals surface area (Å²) in [6, 6.07) is 7.59. The van der Waals surface area contributed by atoms with Crippen molar-refractivity contribution in [2.45, 2.75) is 46.4 Å². The minimum Gasteiger partial charge on any atom is -0.462 e. The van der Waals surface area contributed by atoms with Crippen LogP contribution in [0.3, 0.4) is 0 Å². The van der Waals surface area contributed by atoms with E-state index in [1.54, 1.807) is 6.92 Å². The first kappa shape index (κ1) is 23.1. The molecule has 9 heteroatoms. The van der Waals surface area contributed by atoms with Crippen LogP contribution in [-0.4, -0.2) is 58.6 Å². The summed E-state index contributed by atoms with van der Waals surface area (Å²) in [7, 11) is 0. The molecule has 0 bridgehead atoms. The number of morpholine rings is 1. The maximum Gasteiger partial charge on any atom is 0.348 e. The largest absolute Gasteiger partial charge is 0.462 e. The Morgan fingerprint density at radius 3 is 2.55 bits per heavy atom. The molecule has 1 amide bonds. The van der Waals surface area contributed by atoms with Crippen LogP contribution in [-0.2, 0) is 16.0 Å². The van der Waals surface area contributed by atoms with Crippen LogP contribution in [0.25, 0.3) is 10.2 Å². The second-order valence-electron chi connectivity index (χ2n) is 8.20. The van der Waals surface area contributed by atoms with Crippen LogP contribution in [0.4, 0.5) is 5.82 Å². The lowest BCUT2D eigenvalue weighted by molar-refractivity contribution is -0.0586. The number of fused-ring (bicyclic) bond motifs is 1. The van der Waals surface area contributed by atoms with Gasteiger partial charge in [0.15, 0.2) is 0 Å². The maximum absolute atomic E-state index is 12.9. The topological polar surface area (TPSA) is 93.7 Å². The molecule has 1 fully saturated rings. The zero-order valence-corrected chi connectivity index (χ0v) is 20.1. The maximum atomic E-state index is 12.9. The quantitative estimate of drug-likeness (QED) is 0.546. The fraction of sp³-hybridized carbons (Fsp3) is 0.417. The Morgan fingerprint density at radius 2 is 1.88 bits per heavy atom. The number of ether oxygens (including phenoxy) is 2. The van der Waals surface area contributed by atoms with E-state index in [1.165, 1.54) is 17.7 Å². The highest BCUT2D eigenvalue weighted by atomic mass is 32.1. The van der Waals surface area contributed by atoms with Crippen LogP contribution < -0.4 is 5.32 Å². The molecule has 2 aromatic heterocycles. The Hall–Kier alpha value is -3.04. The summed E-state index contributed by atoms with van der Waals surface area (Å²) in [6.07, 6.45) is 1.56. The van der Waals surface area contributed by atoms with Crippen molar-refractivity contribution in [3.8, 4) is 0 Å². The van der Waals surface area contributed by atoms with Gasteiger partial charge in [-0.1, -0.05) is 12.1 Å². The van der Waals surface area contributed by atoms with Gasteiger partial charge in [0.1, 0.15) is 21.9 Å². The van der Waals surface area contributed by atoms with Crippen LogP contribution in [0.2, 0.25) is 0 Å². The first-order valence-electron chi connectivity index (χ1n) is 11.1. The molecule has 8 nitrogen and oxygen atoms in total. The van der Waals surface area contributed by atoms with Crippen LogP contribution in [0.5, 0.6) is 0 Å². The number of aromatic nitrogens is 2. The van der Waals surface area contributed by atoms with E-state index in [-0.39, 0.29) is 24.1 Å². The molecule has 0 radical (unpaired) electrons. The third-order valence-electron chi connectivity index (χ3n) is 5.56. The lowest BCUT2D eigenvalue weighted by atomic mass is 10.1. The summed E-state index contributed by atoms with van der Waals surface area (Å²) < 4.78 is 10.9. The van der Waals surface area contributed by atoms with Gasteiger partial charge in [-0.25, -0.2) is 14.8 Å². The van der Waals surface area contributed by atoms with E-state index in [0.717, 1.165) is 21.3 Å². The standard InChI is InChI=1S/C24H28N4O4S/c1-5-31-24(30)20-16(4)19-21(26-13-27-22(19)33-20)25-10-17-6-8-18(9-7-17)23(29)28-11-14(2)32-15(3)12-28/h6-9,13-15H,5,10-12H2,1-4H3,(H,25,26,27). The first-order valence-corrected chi connectivity index (χ1v) is 11.9. The number of hydrogen-bond donors (Lipinski definition) is 1. The number of nitrogens with one attached hydrogen (secondary N) is 1. The van der Waals surface area contributed by atoms with Crippen molar-refractivity contribution in [3.63, 3.8) is 0 Å². The second-order valence-corrected chi connectivity index (χ2v) is 9.20. The van der Waals surface area contributed by atoms with E-state index in [9.17, 15) is 9.59 Å². The number of thiophene rings is 1. The van der Waals surface area contributed by atoms with Gasteiger partial charge >= 0.3 is 5.97 Å². The highest BCUT2D eigenvalue weighted by molar-refractivity contribution is 7.20. The smallest absolute Gasteiger partial charge is 0.348 e. The number of esters is 1. The van der Waals surface area contributed by atoms with Gasteiger partial charge in [-0.15, -0.1) is 11.3 Å². The number of carbonyl (C=O) groups excluding carboxylic acids is 2. The minimum atomic E-state index is -0.340. The first-order chi connectivity index (χ1) is 15.9. The van der Waals surface area contributed by atoms with E-state index in [1.807, 2.05) is 49.9 Å². The fourth-order valence-electron chi connectivity index (χ4n) is 4.07. The Labute approximate surface area is 196 Å². The van der Waals surface area contributed by atoms with Gasteiger partial charge in [-0.2, -0.15) is 0 Å². The molecule has 2 unspecified atom stereocenters. The van der Waals surface area contributed by atoms with Gasteiger partial charge in [0.25, 0.3) is 5.91 Å². The third-order valence-corrected chi connectivity index (χ3v) is 6.74. The number of rotatable bonds is 6. The Morgan fingerprint density at radius 1 is 1.18 bits per heavy atom. The van der Waals surface area contributed by atoms with E-state index >= 15 is 0 Å². The average molecular weight is 469 g/mol. The number of benzene rings is 1. The molecule has 0 saturated carbocycles. The van der Waals surface area contributed by atoms with Gasteiger partial charge in [0, 0.05) is 25.2 Å². The summed E-state index contributed by atoms with van der Waals surface area (Å²) in [5.41, 5.74) is 2.49. The molecule has 3 aromatic rings. The van der Waals surface area contributed by atoms with Crippen molar-refractivity contribution < 1.29 is 19.1 Å². The SMILES string of the molecule is CCOC(=O)c1sc2ncnc(NCc3ccc(C(=O)N4CC(C)OC(C)C4)cc3)c2c1C. The fourth-order valence-corrected chi connectivity index (χ4v) is 5.12.